The van der Waals surface area contributed by atoms with Crippen LogP contribution < -0.4 is 20.1 Å². The Hall–Kier alpha value is -2.27. The number of methoxy groups -OCH3 is 2. The van der Waals surface area contributed by atoms with E-state index < -0.39 is 0 Å². The SMILES string of the molecule is COc1ccc(NC(=S)Nc2cccc(C)c2C)c(OC)c1. The molecule has 0 aromatic heterocycles. The van der Waals surface area contributed by atoms with Crippen LogP contribution in [-0.2, 0) is 0 Å². The molecular formula is C17H20N2O2S. The lowest BCUT2D eigenvalue weighted by atomic mass is 10.1. The van der Waals surface area contributed by atoms with Gasteiger partial charge in [-0.05, 0) is 55.4 Å². The molecule has 22 heavy (non-hydrogen) atoms. The second-order valence-electron chi connectivity index (χ2n) is 4.89. The average molecular weight is 316 g/mol. The lowest BCUT2D eigenvalue weighted by Crippen LogP contribution is -2.20. The Kier molecular flexibility index (Phi) is 5.22. The molecule has 0 saturated heterocycles. The van der Waals surface area contributed by atoms with E-state index in [1.165, 1.54) is 11.1 Å². The molecule has 2 aromatic rings. The summed E-state index contributed by atoms with van der Waals surface area (Å²) >= 11 is 5.38. The van der Waals surface area contributed by atoms with E-state index in [2.05, 4.69) is 30.5 Å². The lowest BCUT2D eigenvalue weighted by Gasteiger charge is -2.16. The van der Waals surface area contributed by atoms with E-state index >= 15 is 0 Å². The molecule has 2 N–H and O–H groups in total. The second kappa shape index (κ2) is 7.13. The van der Waals surface area contributed by atoms with Crippen molar-refractivity contribution in [3.8, 4) is 11.5 Å². The first-order valence-electron chi connectivity index (χ1n) is 6.91. The molecular weight excluding hydrogens is 296 g/mol. The van der Waals surface area contributed by atoms with Crippen molar-refractivity contribution in [1.29, 1.82) is 0 Å². The first-order chi connectivity index (χ1) is 10.5. The molecule has 0 aliphatic rings. The normalized spacial score (nSPS) is 10.0. The van der Waals surface area contributed by atoms with Gasteiger partial charge < -0.3 is 20.1 Å². The minimum Gasteiger partial charge on any atom is -0.497 e. The van der Waals surface area contributed by atoms with Gasteiger partial charge in [0.15, 0.2) is 5.11 Å². The maximum Gasteiger partial charge on any atom is 0.175 e. The monoisotopic (exact) mass is 316 g/mol. The van der Waals surface area contributed by atoms with Crippen LogP contribution in [0.3, 0.4) is 0 Å². The summed E-state index contributed by atoms with van der Waals surface area (Å²) in [6, 6.07) is 11.6. The summed E-state index contributed by atoms with van der Waals surface area (Å²) in [5.74, 6) is 1.40. The van der Waals surface area contributed by atoms with Gasteiger partial charge >= 0.3 is 0 Å². The first kappa shape index (κ1) is 16.1. The summed E-state index contributed by atoms with van der Waals surface area (Å²) in [6.07, 6.45) is 0. The van der Waals surface area contributed by atoms with Gasteiger partial charge in [-0.15, -0.1) is 0 Å². The second-order valence-corrected chi connectivity index (χ2v) is 5.30. The number of ether oxygens (including phenoxy) is 2. The molecule has 2 rings (SSSR count). The van der Waals surface area contributed by atoms with E-state index in [4.69, 9.17) is 21.7 Å². The fourth-order valence-electron chi connectivity index (χ4n) is 2.06. The van der Waals surface area contributed by atoms with Gasteiger partial charge in [0, 0.05) is 11.8 Å². The smallest absolute Gasteiger partial charge is 0.175 e. The Morgan fingerprint density at radius 2 is 1.68 bits per heavy atom. The lowest BCUT2D eigenvalue weighted by molar-refractivity contribution is 0.395. The van der Waals surface area contributed by atoms with Crippen LogP contribution in [0.1, 0.15) is 11.1 Å². The van der Waals surface area contributed by atoms with Crippen LogP contribution in [0.15, 0.2) is 36.4 Å². The van der Waals surface area contributed by atoms with Gasteiger partial charge in [-0.2, -0.15) is 0 Å². The van der Waals surface area contributed by atoms with Crippen LogP contribution >= 0.6 is 12.2 Å². The van der Waals surface area contributed by atoms with E-state index in [1.54, 1.807) is 14.2 Å². The van der Waals surface area contributed by atoms with Crippen LogP contribution in [-0.4, -0.2) is 19.3 Å². The van der Waals surface area contributed by atoms with Gasteiger partial charge in [0.2, 0.25) is 0 Å². The molecule has 0 atom stereocenters. The molecule has 0 aliphatic carbocycles. The van der Waals surface area contributed by atoms with Gasteiger partial charge in [-0.1, -0.05) is 12.1 Å². The topological polar surface area (TPSA) is 42.5 Å². The van der Waals surface area contributed by atoms with Crippen LogP contribution in [0.25, 0.3) is 0 Å². The largest absolute Gasteiger partial charge is 0.497 e. The molecule has 0 amide bonds. The molecule has 0 unspecified atom stereocenters. The molecule has 5 heteroatoms. The molecule has 116 valence electrons. The third kappa shape index (κ3) is 3.68. The minimum absolute atomic E-state index is 0.511. The summed E-state index contributed by atoms with van der Waals surface area (Å²) in [5, 5.41) is 6.87. The highest BCUT2D eigenvalue weighted by Crippen LogP contribution is 2.29. The summed E-state index contributed by atoms with van der Waals surface area (Å²) in [7, 11) is 3.23. The maximum atomic E-state index is 5.38. The molecule has 4 nitrogen and oxygen atoms in total. The number of thiocarbonyl (C=S) groups is 1. The van der Waals surface area contributed by atoms with Crippen molar-refractivity contribution < 1.29 is 9.47 Å². The number of hydrogen-bond donors (Lipinski definition) is 2. The molecule has 0 heterocycles. The van der Waals surface area contributed by atoms with Crippen molar-refractivity contribution in [3.63, 3.8) is 0 Å². The van der Waals surface area contributed by atoms with E-state index in [-0.39, 0.29) is 0 Å². The number of rotatable bonds is 4. The zero-order valence-corrected chi connectivity index (χ0v) is 14.0. The van der Waals surface area contributed by atoms with Gasteiger partial charge in [0.05, 0.1) is 19.9 Å². The molecule has 0 aliphatic heterocycles. The first-order valence-corrected chi connectivity index (χ1v) is 7.32. The summed E-state index contributed by atoms with van der Waals surface area (Å²) in [6.45, 7) is 4.14. The summed E-state index contributed by atoms with van der Waals surface area (Å²) < 4.78 is 10.5. The Morgan fingerprint density at radius 1 is 0.955 bits per heavy atom. The predicted molar refractivity (Wildman–Crippen MR) is 95.3 cm³/mol. The number of benzene rings is 2. The Morgan fingerprint density at radius 3 is 2.36 bits per heavy atom. The highest BCUT2D eigenvalue weighted by atomic mass is 32.1. The molecule has 0 bridgehead atoms. The maximum absolute atomic E-state index is 5.38. The van der Waals surface area contributed by atoms with Crippen molar-refractivity contribution in [1.82, 2.24) is 0 Å². The van der Waals surface area contributed by atoms with Gasteiger partial charge in [0.1, 0.15) is 11.5 Å². The standard InChI is InChI=1S/C17H20N2O2S/c1-11-6-5-7-14(12(11)2)18-17(22)19-15-9-8-13(20-3)10-16(15)21-4/h5-10H,1-4H3,(H2,18,19,22). The third-order valence-corrected chi connectivity index (χ3v) is 3.71. The molecule has 0 radical (unpaired) electrons. The van der Waals surface area contributed by atoms with Gasteiger partial charge in [-0.3, -0.25) is 0 Å². The number of aryl methyl sites for hydroxylation is 1. The third-order valence-electron chi connectivity index (χ3n) is 3.51. The van der Waals surface area contributed by atoms with Crippen LogP contribution in [0.4, 0.5) is 11.4 Å². The van der Waals surface area contributed by atoms with Crippen molar-refractivity contribution in [2.75, 3.05) is 24.9 Å². The fourth-order valence-corrected chi connectivity index (χ4v) is 2.28. The van der Waals surface area contributed by atoms with Crippen LogP contribution in [0.5, 0.6) is 11.5 Å². The van der Waals surface area contributed by atoms with E-state index in [1.807, 2.05) is 30.3 Å². The number of nitrogens with one attached hydrogen (secondary N) is 2. The number of hydrogen-bond acceptors (Lipinski definition) is 3. The predicted octanol–water partition coefficient (Wildman–Crippen LogP) is 4.13. The molecule has 0 fully saturated rings. The Balaban J connectivity index is 2.14. The fraction of sp³-hybridized carbons (Fsp3) is 0.235. The van der Waals surface area contributed by atoms with Crippen LogP contribution in [0, 0.1) is 13.8 Å². The van der Waals surface area contributed by atoms with Crippen molar-refractivity contribution in [3.05, 3.63) is 47.5 Å². The minimum atomic E-state index is 0.511. The van der Waals surface area contributed by atoms with Gasteiger partial charge in [-0.25, -0.2) is 0 Å². The average Bonchev–Trinajstić information content (AvgIpc) is 2.52. The van der Waals surface area contributed by atoms with E-state index in [0.29, 0.717) is 10.9 Å². The highest BCUT2D eigenvalue weighted by molar-refractivity contribution is 7.80. The van der Waals surface area contributed by atoms with Crippen LogP contribution in [0.2, 0.25) is 0 Å². The molecule has 0 saturated carbocycles. The summed E-state index contributed by atoms with van der Waals surface area (Å²) in [5.41, 5.74) is 4.17. The Bertz CT molecular complexity index is 686. The van der Waals surface area contributed by atoms with Crippen molar-refractivity contribution in [2.45, 2.75) is 13.8 Å². The summed E-state index contributed by atoms with van der Waals surface area (Å²) in [4.78, 5) is 0. The molecule has 2 aromatic carbocycles. The highest BCUT2D eigenvalue weighted by Gasteiger charge is 2.08. The van der Waals surface area contributed by atoms with Gasteiger partial charge in [0.25, 0.3) is 0 Å². The van der Waals surface area contributed by atoms with E-state index in [9.17, 15) is 0 Å². The van der Waals surface area contributed by atoms with E-state index in [0.717, 1.165) is 17.1 Å². The van der Waals surface area contributed by atoms with Crippen molar-refractivity contribution in [2.24, 2.45) is 0 Å². The Labute approximate surface area is 136 Å². The quantitative estimate of drug-likeness (QED) is 0.830. The van der Waals surface area contributed by atoms with Crippen molar-refractivity contribution >= 4 is 28.7 Å². The number of anilines is 2. The molecule has 0 spiro atoms. The zero-order chi connectivity index (χ0) is 16.1. The zero-order valence-electron chi connectivity index (χ0n) is 13.2.